The van der Waals surface area contributed by atoms with Crippen molar-refractivity contribution in [2.45, 2.75) is 68.9 Å². The summed E-state index contributed by atoms with van der Waals surface area (Å²) in [5.74, 6) is -0.281. The molecule has 14 heteroatoms. The minimum absolute atomic E-state index is 0.281. The van der Waals surface area contributed by atoms with Crippen LogP contribution in [-0.4, -0.2) is 68.5 Å². The quantitative estimate of drug-likeness (QED) is 0.185. The van der Waals surface area contributed by atoms with Gasteiger partial charge in [-0.15, -0.1) is 0 Å². The van der Waals surface area contributed by atoms with E-state index < -0.39 is 55.7 Å². The summed E-state index contributed by atoms with van der Waals surface area (Å²) < 4.78 is 25.0. The van der Waals surface area contributed by atoms with Crippen molar-refractivity contribution in [2.24, 2.45) is 0 Å². The van der Waals surface area contributed by atoms with Gasteiger partial charge in [-0.3, -0.25) is 14.7 Å². The van der Waals surface area contributed by atoms with Crippen molar-refractivity contribution in [1.29, 1.82) is 0 Å². The lowest BCUT2D eigenvalue weighted by atomic mass is 9.97. The number of nitro groups is 1. The molecule has 1 aromatic carbocycles. The van der Waals surface area contributed by atoms with E-state index in [1.54, 1.807) is 0 Å². The maximum Gasteiger partial charge on any atom is 0.311 e. The molecule has 3 rings (SSSR count). The molecule has 1 saturated heterocycles. The van der Waals surface area contributed by atoms with Gasteiger partial charge in [-0.05, 0) is 31.7 Å². The molecule has 1 aliphatic heterocycles. The first kappa shape index (κ1) is 26.6. The molecular weight excluding hydrogens is 451 g/mol. The number of benzene rings is 1. The molecule has 1 unspecified atom stereocenters. The molecule has 32 heavy (non-hydrogen) atoms. The lowest BCUT2D eigenvalue weighted by Gasteiger charge is -2.40. The Labute approximate surface area is 184 Å². The van der Waals surface area contributed by atoms with Crippen molar-refractivity contribution >= 4 is 13.5 Å². The fraction of sp³-hybridized carbons (Fsp3) is 0.667. The molecule has 1 aliphatic carbocycles. The van der Waals surface area contributed by atoms with Gasteiger partial charge in [0.05, 0.1) is 17.6 Å². The number of hydrogen-bond donors (Lipinski definition) is 5. The molecule has 7 N–H and O–H groups in total. The fourth-order valence-electron chi connectivity index (χ4n) is 3.34. The lowest BCUT2D eigenvalue weighted by Crippen LogP contribution is -2.61. The van der Waals surface area contributed by atoms with Crippen LogP contribution in [0.4, 0.5) is 5.69 Å². The number of ether oxygens (including phenoxy) is 2. The van der Waals surface area contributed by atoms with Gasteiger partial charge >= 0.3 is 5.69 Å². The standard InChI is InChI=1S/C12H16NO11P.C6H13N/c14-9-8(5-22-25(19,20)21)24-12(11(16)10(9)15)23-7-4-2-1-3-6(7)13(17)18;7-6-4-2-1-3-5-6/h1-4,8-12,14-16H,5H2,(H2,19,20,21);6H,1-5,7H2/t8-,9+,10+,11-,12-;/m1./s1. The second-order valence-electron chi connectivity index (χ2n) is 7.63. The molecule has 1 aromatic rings. The van der Waals surface area contributed by atoms with Gasteiger partial charge in [-0.25, -0.2) is 0 Å². The number of quaternary nitrogens is 1. The summed E-state index contributed by atoms with van der Waals surface area (Å²) in [4.78, 5) is 29.4. The lowest BCUT2D eigenvalue weighted by molar-refractivity contribution is -0.425. The molecule has 13 nitrogen and oxygen atoms in total. The Morgan fingerprint density at radius 3 is 2.28 bits per heavy atom. The van der Waals surface area contributed by atoms with Crippen molar-refractivity contribution < 1.29 is 54.3 Å². The summed E-state index contributed by atoms with van der Waals surface area (Å²) in [5, 5.41) is 40.5. The first-order valence-corrected chi connectivity index (χ1v) is 11.6. The maximum atomic E-state index is 11.0. The first-order chi connectivity index (χ1) is 15.0. The second-order valence-corrected chi connectivity index (χ2v) is 8.82. The second kappa shape index (κ2) is 12.0. The van der Waals surface area contributed by atoms with Gasteiger partial charge in [-0.2, -0.15) is 0 Å². The summed E-state index contributed by atoms with van der Waals surface area (Å²) in [7, 11) is -5.12. The van der Waals surface area contributed by atoms with Gasteiger partial charge < -0.3 is 44.8 Å². The Hall–Kier alpha value is -1.67. The number of phosphoric ester groups is 1. The van der Waals surface area contributed by atoms with E-state index in [4.69, 9.17) is 14.4 Å². The largest absolute Gasteiger partial charge is 0.756 e. The van der Waals surface area contributed by atoms with Crippen LogP contribution in [-0.2, 0) is 13.8 Å². The highest BCUT2D eigenvalue weighted by Crippen LogP contribution is 2.34. The predicted molar refractivity (Wildman–Crippen MR) is 106 cm³/mol. The Morgan fingerprint density at radius 2 is 1.75 bits per heavy atom. The topological polar surface area (TPSA) is 220 Å². The fourth-order valence-corrected chi connectivity index (χ4v) is 3.67. The van der Waals surface area contributed by atoms with E-state index >= 15 is 0 Å². The molecule has 0 bridgehead atoms. The van der Waals surface area contributed by atoms with E-state index in [-0.39, 0.29) is 5.75 Å². The van der Waals surface area contributed by atoms with E-state index in [9.17, 15) is 34.9 Å². The monoisotopic (exact) mass is 480 g/mol. The zero-order valence-corrected chi connectivity index (χ0v) is 18.2. The molecule has 0 radical (unpaired) electrons. The highest BCUT2D eigenvalue weighted by Gasteiger charge is 2.45. The number of nitro benzene ring substituents is 1. The first-order valence-electron chi connectivity index (χ1n) is 10.1. The molecule has 0 amide bonds. The SMILES string of the molecule is O=[N+]([O-])c1ccccc1O[C@@H]1O[C@H](COP(=O)([O-])O)[C@H](O)[C@H](O)[C@H]1O.[NH3+]C1CCCCC1. The van der Waals surface area contributed by atoms with E-state index in [1.165, 1.54) is 50.3 Å². The van der Waals surface area contributed by atoms with Crippen LogP contribution in [0.5, 0.6) is 5.75 Å². The van der Waals surface area contributed by atoms with Crippen LogP contribution in [0.2, 0.25) is 0 Å². The molecule has 2 aliphatic rings. The van der Waals surface area contributed by atoms with Crippen molar-refractivity contribution in [2.75, 3.05) is 6.61 Å². The van der Waals surface area contributed by atoms with Gasteiger partial charge in [0.2, 0.25) is 6.29 Å². The Morgan fingerprint density at radius 1 is 1.12 bits per heavy atom. The Bertz CT molecular complexity index is 786. The van der Waals surface area contributed by atoms with Crippen LogP contribution in [0, 0.1) is 10.1 Å². The third-order valence-electron chi connectivity index (χ3n) is 5.10. The molecule has 2 fully saturated rings. The third kappa shape index (κ3) is 8.03. The summed E-state index contributed by atoms with van der Waals surface area (Å²) in [5.41, 5.74) is 3.56. The Kier molecular flexibility index (Phi) is 9.95. The minimum Gasteiger partial charge on any atom is -0.756 e. The zero-order chi connectivity index (χ0) is 23.9. The molecule has 0 aromatic heterocycles. The van der Waals surface area contributed by atoms with Crippen LogP contribution < -0.4 is 15.4 Å². The van der Waals surface area contributed by atoms with Gasteiger partial charge in [0.1, 0.15) is 24.4 Å². The highest BCUT2D eigenvalue weighted by atomic mass is 31.2. The van der Waals surface area contributed by atoms with E-state index in [1.807, 2.05) is 0 Å². The molecule has 1 saturated carbocycles. The zero-order valence-electron chi connectivity index (χ0n) is 17.3. The van der Waals surface area contributed by atoms with Crippen molar-refractivity contribution in [3.63, 3.8) is 0 Å². The third-order valence-corrected chi connectivity index (χ3v) is 5.58. The Balaban J connectivity index is 0.000000439. The van der Waals surface area contributed by atoms with Crippen LogP contribution in [0.3, 0.4) is 0 Å². The molecule has 182 valence electrons. The summed E-state index contributed by atoms with van der Waals surface area (Å²) in [6.45, 7) is -0.876. The number of para-hydroxylation sites is 2. The van der Waals surface area contributed by atoms with Gasteiger partial charge in [-0.1, -0.05) is 18.6 Å². The van der Waals surface area contributed by atoms with Crippen LogP contribution in [0.15, 0.2) is 24.3 Å². The number of rotatable bonds is 6. The van der Waals surface area contributed by atoms with Crippen LogP contribution in [0.1, 0.15) is 32.1 Å². The van der Waals surface area contributed by atoms with Gasteiger partial charge in [0.15, 0.2) is 5.75 Å². The van der Waals surface area contributed by atoms with Crippen molar-refractivity contribution in [3.8, 4) is 5.75 Å². The summed E-state index contributed by atoms with van der Waals surface area (Å²) in [6, 6.07) is 5.94. The number of hydrogen-bond acceptors (Lipinski definition) is 10. The summed E-state index contributed by atoms with van der Waals surface area (Å²) in [6.07, 6.45) is -1.49. The molecule has 6 atom stereocenters. The van der Waals surface area contributed by atoms with Crippen molar-refractivity contribution in [3.05, 3.63) is 34.4 Å². The molecule has 1 heterocycles. The van der Waals surface area contributed by atoms with E-state index in [0.29, 0.717) is 0 Å². The number of aliphatic hydroxyl groups is 3. The van der Waals surface area contributed by atoms with Gasteiger partial charge in [0, 0.05) is 6.07 Å². The van der Waals surface area contributed by atoms with Crippen LogP contribution >= 0.6 is 7.82 Å². The molecular formula is C18H29N2O11P. The minimum atomic E-state index is -5.12. The predicted octanol–water partition coefficient (Wildman–Crippen LogP) is -1.18. The van der Waals surface area contributed by atoms with Crippen LogP contribution in [0.25, 0.3) is 0 Å². The van der Waals surface area contributed by atoms with E-state index in [2.05, 4.69) is 10.3 Å². The average Bonchev–Trinajstić information content (AvgIpc) is 2.74. The maximum absolute atomic E-state index is 11.0. The van der Waals surface area contributed by atoms with Gasteiger partial charge in [0.25, 0.3) is 7.82 Å². The number of nitrogens with zero attached hydrogens (tertiary/aromatic N) is 1. The molecule has 0 spiro atoms. The number of aliphatic hydroxyl groups excluding tert-OH is 3. The summed E-state index contributed by atoms with van der Waals surface area (Å²) >= 11 is 0. The smallest absolute Gasteiger partial charge is 0.311 e. The average molecular weight is 480 g/mol. The normalized spacial score (nSPS) is 30.5. The van der Waals surface area contributed by atoms with Crippen molar-refractivity contribution in [1.82, 2.24) is 0 Å². The highest BCUT2D eigenvalue weighted by molar-refractivity contribution is 7.44. The number of phosphoric acid groups is 1. The van der Waals surface area contributed by atoms with E-state index in [0.717, 1.165) is 12.1 Å².